The van der Waals surface area contributed by atoms with Gasteiger partial charge in [0.1, 0.15) is 5.75 Å². The maximum Gasteiger partial charge on any atom is 0.126 e. The van der Waals surface area contributed by atoms with E-state index < -0.39 is 0 Å². The molecule has 2 aromatic carbocycles. The Bertz CT molecular complexity index is 584. The smallest absolute Gasteiger partial charge is 0.126 e. The standard InChI is InChI=1S/C20H23O/c1-3-8-17-9-7-10-18(16-17)13-14-19-11-5-6-12-20(19)21-15-4-2/h3,5-7,9-14,16H,4,8,15H2,1-2H3/b14-13-. The van der Waals surface area contributed by atoms with Crippen LogP contribution in [0.2, 0.25) is 0 Å². The monoisotopic (exact) mass is 279 g/mol. The predicted octanol–water partition coefficient (Wildman–Crippen LogP) is 5.41. The predicted molar refractivity (Wildman–Crippen MR) is 91.3 cm³/mol. The number of hydrogen-bond donors (Lipinski definition) is 0. The maximum atomic E-state index is 5.78. The van der Waals surface area contributed by atoms with Gasteiger partial charge >= 0.3 is 0 Å². The summed E-state index contributed by atoms with van der Waals surface area (Å²) in [5, 5.41) is 0. The molecule has 1 nitrogen and oxygen atoms in total. The van der Waals surface area contributed by atoms with Gasteiger partial charge in [-0.2, -0.15) is 0 Å². The van der Waals surface area contributed by atoms with E-state index in [1.807, 2.05) is 18.2 Å². The van der Waals surface area contributed by atoms with Crippen LogP contribution in [0, 0.1) is 6.42 Å². The average molecular weight is 279 g/mol. The van der Waals surface area contributed by atoms with E-state index in [4.69, 9.17) is 4.74 Å². The largest absolute Gasteiger partial charge is 0.493 e. The molecule has 0 amide bonds. The quantitative estimate of drug-likeness (QED) is 0.615. The topological polar surface area (TPSA) is 9.23 Å². The second-order valence-corrected chi connectivity index (χ2v) is 5.08. The van der Waals surface area contributed by atoms with E-state index in [1.54, 1.807) is 0 Å². The highest BCUT2D eigenvalue weighted by Crippen LogP contribution is 2.21. The highest BCUT2D eigenvalue weighted by atomic mass is 16.5. The zero-order valence-corrected chi connectivity index (χ0v) is 12.9. The van der Waals surface area contributed by atoms with Gasteiger partial charge in [-0.25, -0.2) is 0 Å². The Hall–Kier alpha value is -2.02. The molecule has 1 heteroatoms. The van der Waals surface area contributed by atoms with Crippen LogP contribution in [0.15, 0.2) is 48.5 Å². The van der Waals surface area contributed by atoms with Crippen LogP contribution in [0.1, 0.15) is 37.0 Å². The number of para-hydroxylation sites is 1. The summed E-state index contributed by atoms with van der Waals surface area (Å²) >= 11 is 0. The molecule has 0 bridgehead atoms. The molecule has 0 unspecified atom stereocenters. The summed E-state index contributed by atoms with van der Waals surface area (Å²) in [7, 11) is 0. The van der Waals surface area contributed by atoms with Crippen molar-refractivity contribution in [3.63, 3.8) is 0 Å². The van der Waals surface area contributed by atoms with Crippen LogP contribution in [-0.4, -0.2) is 6.61 Å². The van der Waals surface area contributed by atoms with Crippen molar-refractivity contribution in [3.05, 3.63) is 71.6 Å². The van der Waals surface area contributed by atoms with Crippen LogP contribution < -0.4 is 4.74 Å². The highest BCUT2D eigenvalue weighted by Gasteiger charge is 1.99. The summed E-state index contributed by atoms with van der Waals surface area (Å²) in [6.07, 6.45) is 8.48. The third kappa shape index (κ3) is 4.78. The third-order valence-electron chi connectivity index (χ3n) is 3.23. The van der Waals surface area contributed by atoms with Crippen LogP contribution in [0.3, 0.4) is 0 Å². The van der Waals surface area contributed by atoms with Gasteiger partial charge in [-0.15, -0.1) is 0 Å². The lowest BCUT2D eigenvalue weighted by Crippen LogP contribution is -1.96. The van der Waals surface area contributed by atoms with Crippen molar-refractivity contribution in [1.29, 1.82) is 0 Å². The van der Waals surface area contributed by atoms with Crippen molar-refractivity contribution in [2.45, 2.75) is 26.7 Å². The molecule has 2 aromatic rings. The van der Waals surface area contributed by atoms with Gasteiger partial charge in [-0.3, -0.25) is 0 Å². The van der Waals surface area contributed by atoms with Gasteiger partial charge in [0, 0.05) is 5.56 Å². The van der Waals surface area contributed by atoms with E-state index in [0.717, 1.165) is 30.8 Å². The van der Waals surface area contributed by atoms with E-state index >= 15 is 0 Å². The van der Waals surface area contributed by atoms with Gasteiger partial charge in [0.15, 0.2) is 0 Å². The van der Waals surface area contributed by atoms with E-state index in [2.05, 4.69) is 62.8 Å². The number of benzene rings is 2. The molecule has 0 aliphatic carbocycles. The first-order valence-electron chi connectivity index (χ1n) is 7.60. The summed E-state index contributed by atoms with van der Waals surface area (Å²) in [6, 6.07) is 16.8. The van der Waals surface area contributed by atoms with Crippen LogP contribution in [0.5, 0.6) is 5.75 Å². The van der Waals surface area contributed by atoms with Crippen LogP contribution in [-0.2, 0) is 6.42 Å². The zero-order chi connectivity index (χ0) is 14.9. The average Bonchev–Trinajstić information content (AvgIpc) is 2.52. The van der Waals surface area contributed by atoms with Gasteiger partial charge < -0.3 is 4.74 Å². The Morgan fingerprint density at radius 2 is 1.86 bits per heavy atom. The molecule has 0 fully saturated rings. The Morgan fingerprint density at radius 3 is 2.67 bits per heavy atom. The minimum atomic E-state index is 0.757. The number of rotatable bonds is 7. The van der Waals surface area contributed by atoms with Gasteiger partial charge in [0.25, 0.3) is 0 Å². The second-order valence-electron chi connectivity index (χ2n) is 5.08. The number of hydrogen-bond acceptors (Lipinski definition) is 1. The molecule has 0 atom stereocenters. The Labute approximate surface area is 128 Å². The van der Waals surface area contributed by atoms with Gasteiger partial charge in [-0.05, 0) is 36.5 Å². The molecule has 0 aliphatic heterocycles. The molecule has 2 rings (SSSR count). The Morgan fingerprint density at radius 1 is 1.00 bits per heavy atom. The van der Waals surface area contributed by atoms with Gasteiger partial charge in [0.2, 0.25) is 0 Å². The minimum absolute atomic E-state index is 0.757. The zero-order valence-electron chi connectivity index (χ0n) is 12.9. The Balaban J connectivity index is 2.15. The molecule has 0 heterocycles. The summed E-state index contributed by atoms with van der Waals surface area (Å²) < 4.78 is 5.78. The summed E-state index contributed by atoms with van der Waals surface area (Å²) in [5.74, 6) is 0.952. The fourth-order valence-corrected chi connectivity index (χ4v) is 2.21. The number of ether oxygens (including phenoxy) is 1. The van der Waals surface area contributed by atoms with Crippen molar-refractivity contribution < 1.29 is 4.74 Å². The molecule has 21 heavy (non-hydrogen) atoms. The SMILES string of the molecule is C[CH]Cc1cccc(/C=C\c2ccccc2OCCC)c1. The normalized spacial score (nSPS) is 11.0. The van der Waals surface area contributed by atoms with Gasteiger partial charge in [0.05, 0.1) is 6.61 Å². The van der Waals surface area contributed by atoms with Crippen molar-refractivity contribution in [3.8, 4) is 5.75 Å². The van der Waals surface area contributed by atoms with Crippen LogP contribution >= 0.6 is 0 Å². The molecule has 0 aromatic heterocycles. The molecule has 0 N–H and O–H groups in total. The highest BCUT2D eigenvalue weighted by molar-refractivity contribution is 5.72. The van der Waals surface area contributed by atoms with Gasteiger partial charge in [-0.1, -0.05) is 68.5 Å². The molecule has 0 saturated carbocycles. The lowest BCUT2D eigenvalue weighted by molar-refractivity contribution is 0.317. The molecule has 0 aliphatic rings. The molecular weight excluding hydrogens is 256 g/mol. The fraction of sp³-hybridized carbons (Fsp3) is 0.250. The maximum absolute atomic E-state index is 5.78. The fourth-order valence-electron chi connectivity index (χ4n) is 2.21. The molecule has 109 valence electrons. The summed E-state index contributed by atoms with van der Waals surface area (Å²) in [4.78, 5) is 0. The lowest BCUT2D eigenvalue weighted by Gasteiger charge is -2.07. The third-order valence-corrected chi connectivity index (χ3v) is 3.23. The Kier molecular flexibility index (Phi) is 6.08. The van der Waals surface area contributed by atoms with Crippen molar-refractivity contribution in [2.75, 3.05) is 6.61 Å². The first-order chi connectivity index (χ1) is 10.3. The molecular formula is C20H23O. The summed E-state index contributed by atoms with van der Waals surface area (Å²) in [5.41, 5.74) is 3.69. The van der Waals surface area contributed by atoms with Crippen LogP contribution in [0.4, 0.5) is 0 Å². The van der Waals surface area contributed by atoms with E-state index in [9.17, 15) is 0 Å². The molecule has 0 spiro atoms. The first kappa shape index (κ1) is 15.4. The molecule has 1 radical (unpaired) electrons. The minimum Gasteiger partial charge on any atom is -0.493 e. The summed E-state index contributed by atoms with van der Waals surface area (Å²) in [6.45, 7) is 4.96. The lowest BCUT2D eigenvalue weighted by atomic mass is 10.1. The van der Waals surface area contributed by atoms with E-state index in [0.29, 0.717) is 0 Å². The second kappa shape index (κ2) is 8.31. The van der Waals surface area contributed by atoms with Crippen molar-refractivity contribution in [1.82, 2.24) is 0 Å². The van der Waals surface area contributed by atoms with Crippen molar-refractivity contribution in [2.24, 2.45) is 0 Å². The molecule has 0 saturated heterocycles. The van der Waals surface area contributed by atoms with Crippen molar-refractivity contribution >= 4 is 12.2 Å². The van der Waals surface area contributed by atoms with Crippen LogP contribution in [0.25, 0.3) is 12.2 Å². The van der Waals surface area contributed by atoms with E-state index in [1.165, 1.54) is 11.1 Å². The van der Waals surface area contributed by atoms with E-state index in [-0.39, 0.29) is 0 Å². The first-order valence-corrected chi connectivity index (χ1v) is 7.60.